The minimum atomic E-state index is 0.388. The summed E-state index contributed by atoms with van der Waals surface area (Å²) in [6.07, 6.45) is 4.46. The highest BCUT2D eigenvalue weighted by Crippen LogP contribution is 2.16. The predicted molar refractivity (Wildman–Crippen MR) is 76.0 cm³/mol. The highest BCUT2D eigenvalue weighted by atomic mass is 16.5. The van der Waals surface area contributed by atoms with Crippen LogP contribution in [0.1, 0.15) is 38.0 Å². The third-order valence-electron chi connectivity index (χ3n) is 3.55. The second-order valence-corrected chi connectivity index (χ2v) is 5.77. The van der Waals surface area contributed by atoms with Gasteiger partial charge in [0.15, 0.2) is 0 Å². The molecule has 0 aliphatic carbocycles. The Hall–Kier alpha value is -0.840. The maximum Gasteiger partial charge on any atom is 0.129 e. The Labute approximate surface area is 116 Å². The van der Waals surface area contributed by atoms with Crippen molar-refractivity contribution in [2.75, 3.05) is 20.1 Å². The van der Waals surface area contributed by atoms with Gasteiger partial charge in [0.25, 0.3) is 0 Å². The Bertz CT molecular complexity index is 368. The molecule has 0 spiro atoms. The zero-order valence-corrected chi connectivity index (χ0v) is 12.3. The summed E-state index contributed by atoms with van der Waals surface area (Å²) in [5.74, 6) is 0.930. The van der Waals surface area contributed by atoms with Crippen molar-refractivity contribution < 1.29 is 9.15 Å². The van der Waals surface area contributed by atoms with Crippen molar-refractivity contribution in [1.82, 2.24) is 10.2 Å². The van der Waals surface area contributed by atoms with Gasteiger partial charge >= 0.3 is 0 Å². The number of hydrogen-bond donors (Lipinski definition) is 1. The molecule has 0 radical (unpaired) electrons. The Morgan fingerprint density at radius 3 is 2.84 bits per heavy atom. The topological polar surface area (TPSA) is 37.6 Å². The van der Waals surface area contributed by atoms with Gasteiger partial charge in [-0.3, -0.25) is 0 Å². The monoisotopic (exact) mass is 266 g/mol. The van der Waals surface area contributed by atoms with Crippen LogP contribution in [-0.4, -0.2) is 37.2 Å². The van der Waals surface area contributed by atoms with Crippen molar-refractivity contribution in [3.63, 3.8) is 0 Å². The SMILES string of the molecule is CC(C)NCc1coc(COC2CCN(C)CC2)c1. The van der Waals surface area contributed by atoms with Gasteiger partial charge in [-0.25, -0.2) is 0 Å². The number of likely N-dealkylation sites (tertiary alicyclic amines) is 1. The number of hydrogen-bond acceptors (Lipinski definition) is 4. The van der Waals surface area contributed by atoms with Gasteiger partial charge in [-0.05, 0) is 26.0 Å². The van der Waals surface area contributed by atoms with Crippen LogP contribution in [0.3, 0.4) is 0 Å². The van der Waals surface area contributed by atoms with Crippen LogP contribution in [0.2, 0.25) is 0 Å². The van der Waals surface area contributed by atoms with Crippen LogP contribution in [0.15, 0.2) is 16.7 Å². The Morgan fingerprint density at radius 2 is 2.16 bits per heavy atom. The molecular weight excluding hydrogens is 240 g/mol. The van der Waals surface area contributed by atoms with Crippen LogP contribution >= 0.6 is 0 Å². The molecule has 2 rings (SSSR count). The smallest absolute Gasteiger partial charge is 0.129 e. The lowest BCUT2D eigenvalue weighted by molar-refractivity contribution is -0.00478. The molecule has 0 saturated carbocycles. The second-order valence-electron chi connectivity index (χ2n) is 5.77. The van der Waals surface area contributed by atoms with Crippen LogP contribution in [0.4, 0.5) is 0 Å². The number of furan rings is 1. The molecule has 1 aliphatic heterocycles. The summed E-state index contributed by atoms with van der Waals surface area (Å²) in [6, 6.07) is 2.58. The summed E-state index contributed by atoms with van der Waals surface area (Å²) >= 11 is 0. The molecule has 0 bridgehead atoms. The molecule has 108 valence electrons. The van der Waals surface area contributed by atoms with E-state index < -0.39 is 0 Å². The lowest BCUT2D eigenvalue weighted by atomic mass is 10.1. The highest BCUT2D eigenvalue weighted by Gasteiger charge is 2.17. The van der Waals surface area contributed by atoms with E-state index >= 15 is 0 Å². The Balaban J connectivity index is 1.71. The van der Waals surface area contributed by atoms with Crippen molar-refractivity contribution in [3.8, 4) is 0 Å². The molecule has 0 atom stereocenters. The van der Waals surface area contributed by atoms with Gasteiger partial charge in [-0.15, -0.1) is 0 Å². The molecule has 19 heavy (non-hydrogen) atoms. The van der Waals surface area contributed by atoms with Gasteiger partial charge < -0.3 is 19.4 Å². The van der Waals surface area contributed by atoms with Crippen molar-refractivity contribution in [3.05, 3.63) is 23.7 Å². The predicted octanol–water partition coefficient (Wildman–Crippen LogP) is 2.39. The molecule has 1 fully saturated rings. The van der Waals surface area contributed by atoms with Crippen LogP contribution in [0, 0.1) is 0 Å². The molecule has 4 heteroatoms. The number of nitrogens with zero attached hydrogens (tertiary/aromatic N) is 1. The molecule has 0 unspecified atom stereocenters. The molecule has 1 aliphatic rings. The van der Waals surface area contributed by atoms with Gasteiger partial charge in [0.05, 0.1) is 12.4 Å². The highest BCUT2D eigenvalue weighted by molar-refractivity contribution is 5.12. The maximum atomic E-state index is 5.92. The first kappa shape index (κ1) is 14.6. The summed E-state index contributed by atoms with van der Waals surface area (Å²) in [4.78, 5) is 2.35. The number of ether oxygens (including phenoxy) is 1. The number of piperidine rings is 1. The summed E-state index contributed by atoms with van der Waals surface area (Å²) in [5.41, 5.74) is 1.19. The van der Waals surface area contributed by atoms with Crippen molar-refractivity contribution in [1.29, 1.82) is 0 Å². The van der Waals surface area contributed by atoms with E-state index in [1.54, 1.807) is 0 Å². The fourth-order valence-corrected chi connectivity index (χ4v) is 2.27. The standard InChI is InChI=1S/C15H26N2O2/c1-12(2)16-9-13-8-15(18-10-13)11-19-14-4-6-17(3)7-5-14/h8,10,12,14,16H,4-7,9,11H2,1-3H3. The van der Waals surface area contributed by atoms with E-state index in [4.69, 9.17) is 9.15 Å². The van der Waals surface area contributed by atoms with E-state index in [0.29, 0.717) is 18.8 Å². The summed E-state index contributed by atoms with van der Waals surface area (Å²) < 4.78 is 11.4. The fraction of sp³-hybridized carbons (Fsp3) is 0.733. The summed E-state index contributed by atoms with van der Waals surface area (Å²) in [5, 5.41) is 3.38. The molecule has 0 aromatic carbocycles. The molecule has 4 nitrogen and oxygen atoms in total. The van der Waals surface area contributed by atoms with Gasteiger partial charge in [0, 0.05) is 31.2 Å². The summed E-state index contributed by atoms with van der Waals surface area (Å²) in [6.45, 7) is 8.00. The molecule has 1 aromatic heterocycles. The Kier molecular flexibility index (Phi) is 5.43. The van der Waals surface area contributed by atoms with Crippen LogP contribution in [-0.2, 0) is 17.9 Å². The summed E-state index contributed by atoms with van der Waals surface area (Å²) in [7, 11) is 2.16. The normalized spacial score (nSPS) is 18.3. The van der Waals surface area contributed by atoms with Crippen LogP contribution in [0.5, 0.6) is 0 Å². The minimum absolute atomic E-state index is 0.388. The fourth-order valence-electron chi connectivity index (χ4n) is 2.27. The molecule has 0 amide bonds. The van der Waals surface area contributed by atoms with Crippen molar-refractivity contribution in [2.45, 2.75) is 52.0 Å². The van der Waals surface area contributed by atoms with E-state index in [1.165, 1.54) is 5.56 Å². The first-order valence-electron chi connectivity index (χ1n) is 7.23. The van der Waals surface area contributed by atoms with E-state index in [0.717, 1.165) is 38.2 Å². The van der Waals surface area contributed by atoms with Crippen LogP contribution in [0.25, 0.3) is 0 Å². The minimum Gasteiger partial charge on any atom is -0.467 e. The third kappa shape index (κ3) is 4.97. The zero-order chi connectivity index (χ0) is 13.7. The first-order valence-corrected chi connectivity index (χ1v) is 7.23. The van der Waals surface area contributed by atoms with Gasteiger partial charge in [0.2, 0.25) is 0 Å². The van der Waals surface area contributed by atoms with Gasteiger partial charge in [0.1, 0.15) is 12.4 Å². The third-order valence-corrected chi connectivity index (χ3v) is 3.55. The molecule has 1 N–H and O–H groups in total. The van der Waals surface area contributed by atoms with Crippen molar-refractivity contribution >= 4 is 0 Å². The molecular formula is C15H26N2O2. The van der Waals surface area contributed by atoms with Crippen LogP contribution < -0.4 is 5.32 Å². The Morgan fingerprint density at radius 1 is 1.42 bits per heavy atom. The first-order chi connectivity index (χ1) is 9.13. The van der Waals surface area contributed by atoms with Gasteiger partial charge in [-0.2, -0.15) is 0 Å². The van der Waals surface area contributed by atoms with E-state index in [-0.39, 0.29) is 0 Å². The average Bonchev–Trinajstić information content (AvgIpc) is 2.84. The molecule has 2 heterocycles. The zero-order valence-electron chi connectivity index (χ0n) is 12.3. The number of nitrogens with one attached hydrogen (secondary N) is 1. The lowest BCUT2D eigenvalue weighted by Crippen LogP contribution is -2.34. The van der Waals surface area contributed by atoms with E-state index in [1.807, 2.05) is 6.26 Å². The van der Waals surface area contributed by atoms with E-state index in [2.05, 4.69) is 37.2 Å². The van der Waals surface area contributed by atoms with Gasteiger partial charge in [-0.1, -0.05) is 13.8 Å². The van der Waals surface area contributed by atoms with Crippen molar-refractivity contribution in [2.24, 2.45) is 0 Å². The molecule has 1 aromatic rings. The quantitative estimate of drug-likeness (QED) is 0.858. The second kappa shape index (κ2) is 7.08. The molecule has 1 saturated heterocycles. The average molecular weight is 266 g/mol. The van der Waals surface area contributed by atoms with E-state index in [9.17, 15) is 0 Å². The largest absolute Gasteiger partial charge is 0.467 e. The lowest BCUT2D eigenvalue weighted by Gasteiger charge is -2.28. The number of rotatable bonds is 6. The maximum absolute atomic E-state index is 5.92.